The second kappa shape index (κ2) is 3.27. The van der Waals surface area contributed by atoms with Crippen molar-refractivity contribution in [3.05, 3.63) is 24.4 Å². The molecule has 0 aromatic heterocycles. The van der Waals surface area contributed by atoms with E-state index in [4.69, 9.17) is 10.8 Å². The maximum Gasteiger partial charge on any atom is 0.111 e. The normalized spacial score (nSPS) is 14.2. The monoisotopic (exact) mass is 113 g/mol. The van der Waals surface area contributed by atoms with Crippen LogP contribution in [0.15, 0.2) is 24.4 Å². The Morgan fingerprint density at radius 3 is 2.50 bits per heavy atom. The fourth-order valence-electron chi connectivity index (χ4n) is 0.306. The third-order valence-electron chi connectivity index (χ3n) is 0.755. The van der Waals surface area contributed by atoms with E-state index < -0.39 is 6.10 Å². The van der Waals surface area contributed by atoms with Gasteiger partial charge in [-0.1, -0.05) is 18.7 Å². The molecule has 0 heterocycles. The predicted octanol–water partition coefficient (Wildman–Crippen LogP) is 0.396. The van der Waals surface area contributed by atoms with Gasteiger partial charge in [-0.3, -0.25) is 0 Å². The first-order valence-electron chi connectivity index (χ1n) is 2.43. The Morgan fingerprint density at radius 1 is 1.88 bits per heavy atom. The maximum atomic E-state index is 8.82. The topological polar surface area (TPSA) is 46.2 Å². The SMILES string of the molecule is C=C(N)[C@H](O)/C=C/C. The summed E-state index contributed by atoms with van der Waals surface area (Å²) in [4.78, 5) is 0. The summed E-state index contributed by atoms with van der Waals surface area (Å²) < 4.78 is 0. The molecule has 0 spiro atoms. The van der Waals surface area contributed by atoms with E-state index in [2.05, 4.69) is 6.58 Å². The standard InChI is InChI=1S/C6H11NO/c1-3-4-6(8)5(2)7/h3-4,6,8H,2,7H2,1H3/b4-3+/t6-/m1/s1. The predicted molar refractivity (Wildman–Crippen MR) is 34.1 cm³/mol. The fraction of sp³-hybridized carbons (Fsp3) is 0.333. The third-order valence-corrected chi connectivity index (χ3v) is 0.755. The van der Waals surface area contributed by atoms with Crippen LogP contribution in [-0.4, -0.2) is 11.2 Å². The van der Waals surface area contributed by atoms with Crippen molar-refractivity contribution >= 4 is 0 Å². The third kappa shape index (κ3) is 2.42. The molecule has 0 bridgehead atoms. The van der Waals surface area contributed by atoms with Crippen LogP contribution in [-0.2, 0) is 0 Å². The second-order valence-electron chi connectivity index (χ2n) is 1.55. The molecule has 2 nitrogen and oxygen atoms in total. The number of rotatable bonds is 2. The zero-order valence-corrected chi connectivity index (χ0v) is 4.96. The van der Waals surface area contributed by atoms with E-state index >= 15 is 0 Å². The van der Waals surface area contributed by atoms with Crippen molar-refractivity contribution < 1.29 is 5.11 Å². The van der Waals surface area contributed by atoms with Gasteiger partial charge in [0.25, 0.3) is 0 Å². The Hall–Kier alpha value is -0.760. The minimum absolute atomic E-state index is 0.281. The average Bonchev–Trinajstić information content (AvgIpc) is 1.67. The number of aliphatic hydroxyl groups excluding tert-OH is 1. The lowest BCUT2D eigenvalue weighted by Crippen LogP contribution is -2.12. The van der Waals surface area contributed by atoms with E-state index in [1.54, 1.807) is 12.2 Å². The van der Waals surface area contributed by atoms with Crippen LogP contribution in [0.3, 0.4) is 0 Å². The molecule has 0 saturated carbocycles. The van der Waals surface area contributed by atoms with Crippen LogP contribution in [0.25, 0.3) is 0 Å². The van der Waals surface area contributed by atoms with Crippen LogP contribution >= 0.6 is 0 Å². The molecule has 0 amide bonds. The minimum atomic E-state index is -0.681. The Kier molecular flexibility index (Phi) is 2.96. The Balaban J connectivity index is 3.64. The molecule has 0 aromatic rings. The fourth-order valence-corrected chi connectivity index (χ4v) is 0.306. The number of hydrogen-bond acceptors (Lipinski definition) is 2. The highest BCUT2D eigenvalue weighted by Gasteiger charge is 1.95. The van der Waals surface area contributed by atoms with Crippen molar-refractivity contribution in [2.75, 3.05) is 0 Å². The van der Waals surface area contributed by atoms with Crippen molar-refractivity contribution in [3.63, 3.8) is 0 Å². The van der Waals surface area contributed by atoms with Crippen molar-refractivity contribution in [3.8, 4) is 0 Å². The highest BCUT2D eigenvalue weighted by atomic mass is 16.3. The van der Waals surface area contributed by atoms with Gasteiger partial charge in [0.05, 0.1) is 0 Å². The first-order chi connectivity index (χ1) is 3.68. The van der Waals surface area contributed by atoms with E-state index in [1.807, 2.05) is 6.92 Å². The van der Waals surface area contributed by atoms with Crippen molar-refractivity contribution in [1.29, 1.82) is 0 Å². The van der Waals surface area contributed by atoms with Gasteiger partial charge in [-0.15, -0.1) is 0 Å². The molecule has 0 saturated heterocycles. The molecule has 2 heteroatoms. The van der Waals surface area contributed by atoms with Crippen LogP contribution in [0.5, 0.6) is 0 Å². The van der Waals surface area contributed by atoms with E-state index in [0.717, 1.165) is 0 Å². The molecule has 46 valence electrons. The van der Waals surface area contributed by atoms with Crippen molar-refractivity contribution in [2.24, 2.45) is 5.73 Å². The summed E-state index contributed by atoms with van der Waals surface area (Å²) in [6.07, 6.45) is 2.62. The largest absolute Gasteiger partial charge is 0.400 e. The molecule has 3 N–H and O–H groups in total. The van der Waals surface area contributed by atoms with Gasteiger partial charge in [0.1, 0.15) is 6.10 Å². The summed E-state index contributed by atoms with van der Waals surface area (Å²) in [6, 6.07) is 0. The summed E-state index contributed by atoms with van der Waals surface area (Å²) in [5.41, 5.74) is 5.41. The lowest BCUT2D eigenvalue weighted by molar-refractivity contribution is 0.258. The summed E-state index contributed by atoms with van der Waals surface area (Å²) in [7, 11) is 0. The van der Waals surface area contributed by atoms with Crippen LogP contribution < -0.4 is 5.73 Å². The summed E-state index contributed by atoms with van der Waals surface area (Å²) in [6.45, 7) is 5.16. The highest BCUT2D eigenvalue weighted by Crippen LogP contribution is 1.91. The van der Waals surface area contributed by atoms with Gasteiger partial charge in [0.2, 0.25) is 0 Å². The number of allylic oxidation sites excluding steroid dienone is 1. The van der Waals surface area contributed by atoms with Gasteiger partial charge in [-0.2, -0.15) is 0 Å². The van der Waals surface area contributed by atoms with E-state index in [0.29, 0.717) is 0 Å². The second-order valence-corrected chi connectivity index (χ2v) is 1.55. The molecule has 0 rings (SSSR count). The van der Waals surface area contributed by atoms with E-state index in [1.165, 1.54) is 0 Å². The van der Waals surface area contributed by atoms with Crippen molar-refractivity contribution in [1.82, 2.24) is 0 Å². The number of nitrogens with two attached hydrogens (primary N) is 1. The van der Waals surface area contributed by atoms with E-state index in [-0.39, 0.29) is 5.70 Å². The molecular weight excluding hydrogens is 102 g/mol. The van der Waals surface area contributed by atoms with Gasteiger partial charge in [-0.25, -0.2) is 0 Å². The van der Waals surface area contributed by atoms with Gasteiger partial charge in [-0.05, 0) is 6.92 Å². The molecule has 0 aromatic carbocycles. The summed E-state index contributed by atoms with van der Waals surface area (Å²) in [5, 5.41) is 8.82. The maximum absolute atomic E-state index is 8.82. The Morgan fingerprint density at radius 2 is 2.38 bits per heavy atom. The molecule has 1 atom stereocenters. The quantitative estimate of drug-likeness (QED) is 0.509. The van der Waals surface area contributed by atoms with Crippen LogP contribution in [0.4, 0.5) is 0 Å². The Bertz CT molecular complexity index is 107. The zero-order chi connectivity index (χ0) is 6.57. The van der Waals surface area contributed by atoms with Crippen LogP contribution in [0.2, 0.25) is 0 Å². The number of aliphatic hydroxyl groups is 1. The van der Waals surface area contributed by atoms with Gasteiger partial charge in [0, 0.05) is 5.70 Å². The average molecular weight is 113 g/mol. The van der Waals surface area contributed by atoms with E-state index in [9.17, 15) is 0 Å². The van der Waals surface area contributed by atoms with Crippen LogP contribution in [0.1, 0.15) is 6.92 Å². The van der Waals surface area contributed by atoms with Crippen LogP contribution in [0, 0.1) is 0 Å². The summed E-state index contributed by atoms with van der Waals surface area (Å²) in [5.74, 6) is 0. The highest BCUT2D eigenvalue weighted by molar-refractivity contribution is 5.05. The van der Waals surface area contributed by atoms with Crippen molar-refractivity contribution in [2.45, 2.75) is 13.0 Å². The molecule has 0 aliphatic carbocycles. The molecule has 0 aliphatic heterocycles. The van der Waals surface area contributed by atoms with Gasteiger partial charge in [0.15, 0.2) is 0 Å². The van der Waals surface area contributed by atoms with Gasteiger partial charge < -0.3 is 10.8 Å². The smallest absolute Gasteiger partial charge is 0.111 e. The number of hydrogen-bond donors (Lipinski definition) is 2. The lowest BCUT2D eigenvalue weighted by atomic mass is 10.3. The Labute approximate surface area is 49.3 Å². The first-order valence-corrected chi connectivity index (χ1v) is 2.43. The lowest BCUT2D eigenvalue weighted by Gasteiger charge is -2.00. The molecule has 0 fully saturated rings. The molecular formula is C6H11NO. The summed E-state index contributed by atoms with van der Waals surface area (Å²) >= 11 is 0. The first kappa shape index (κ1) is 7.24. The molecule has 8 heavy (non-hydrogen) atoms. The minimum Gasteiger partial charge on any atom is -0.400 e. The molecule has 0 radical (unpaired) electrons. The molecule has 0 aliphatic rings. The molecule has 0 unspecified atom stereocenters. The zero-order valence-electron chi connectivity index (χ0n) is 4.96. The van der Waals surface area contributed by atoms with Gasteiger partial charge >= 0.3 is 0 Å².